The molecule has 6 aromatic rings. The van der Waals surface area contributed by atoms with Crippen molar-refractivity contribution in [2.75, 3.05) is 0 Å². The zero-order chi connectivity index (χ0) is 22.9. The summed E-state index contributed by atoms with van der Waals surface area (Å²) in [5.41, 5.74) is 7.09. The monoisotopic (exact) mass is 633 g/mol. The van der Waals surface area contributed by atoms with E-state index in [1.165, 1.54) is 0 Å². The Labute approximate surface area is 218 Å². The van der Waals surface area contributed by atoms with Gasteiger partial charge in [0.2, 0.25) is 0 Å². The van der Waals surface area contributed by atoms with Crippen LogP contribution >= 0.6 is 0 Å². The second kappa shape index (κ2) is 9.69. The molecule has 5 heteroatoms. The van der Waals surface area contributed by atoms with Gasteiger partial charge in [-0.3, -0.25) is 9.55 Å². The minimum Gasteiger partial charge on any atom is -0.507 e. The molecule has 2 heterocycles. The van der Waals surface area contributed by atoms with Crippen molar-refractivity contribution in [2.45, 2.75) is 0 Å². The smallest absolute Gasteiger partial charge is 0.507 e. The van der Waals surface area contributed by atoms with Gasteiger partial charge < -0.3 is 9.67 Å². The fraction of sp³-hybridized carbons (Fsp3) is 0. The zero-order valence-corrected chi connectivity index (χ0v) is 20.8. The van der Waals surface area contributed by atoms with Crippen molar-refractivity contribution in [1.29, 1.82) is 0 Å². The fourth-order valence-electron chi connectivity index (χ4n) is 4.17. The summed E-state index contributed by atoms with van der Waals surface area (Å²) in [4.78, 5) is 4.81. The Morgan fingerprint density at radius 1 is 0.686 bits per heavy atom. The first-order chi connectivity index (χ1) is 16.8. The van der Waals surface area contributed by atoms with Gasteiger partial charge in [-0.1, -0.05) is 66.7 Å². The van der Waals surface area contributed by atoms with Crippen molar-refractivity contribution >= 4 is 11.0 Å². The van der Waals surface area contributed by atoms with E-state index in [2.05, 4.69) is 41.2 Å². The maximum absolute atomic E-state index is 10.3. The zero-order valence-electron chi connectivity index (χ0n) is 18.6. The summed E-state index contributed by atoms with van der Waals surface area (Å²) in [6.07, 6.45) is 3.49. The van der Waals surface area contributed by atoms with Crippen LogP contribution in [-0.2, 0) is 21.1 Å². The molecule has 2 aromatic heterocycles. The molecule has 4 nitrogen and oxygen atoms in total. The van der Waals surface area contributed by atoms with Gasteiger partial charge >= 0.3 is 21.1 Å². The standard InChI is InChI=1S/C30H20N3O.Pt/c34-30-19-7-4-14-25(30)27-16-9-15-26(31-27)22-10-8-13-24(20-22)33-21-32(23-11-2-1-3-12-23)28-17-5-6-18-29(28)33;/h1-19,34H;/q-1;+2. The number of nitrogens with zero attached hydrogens (tertiary/aromatic N) is 3. The third-order valence-corrected chi connectivity index (χ3v) is 5.80. The summed E-state index contributed by atoms with van der Waals surface area (Å²) < 4.78 is 4.09. The number of benzene rings is 4. The minimum atomic E-state index is 0. The fourth-order valence-corrected chi connectivity index (χ4v) is 4.17. The van der Waals surface area contributed by atoms with Crippen LogP contribution in [0.15, 0.2) is 115 Å². The number of hydrogen-bond acceptors (Lipinski definition) is 2. The van der Waals surface area contributed by atoms with Gasteiger partial charge in [0.05, 0.1) is 22.4 Å². The maximum atomic E-state index is 10.3. The molecule has 0 saturated heterocycles. The Kier molecular flexibility index (Phi) is 6.30. The molecule has 6 rings (SSSR count). The predicted octanol–water partition coefficient (Wildman–Crippen LogP) is 5.94. The molecule has 0 spiro atoms. The van der Waals surface area contributed by atoms with Crippen molar-refractivity contribution in [3.63, 3.8) is 0 Å². The summed E-state index contributed by atoms with van der Waals surface area (Å²) in [6.45, 7) is 0. The van der Waals surface area contributed by atoms with Crippen LogP contribution in [0.1, 0.15) is 0 Å². The molecule has 1 N–H and O–H groups in total. The molecule has 35 heavy (non-hydrogen) atoms. The van der Waals surface area contributed by atoms with E-state index in [1.54, 1.807) is 12.1 Å². The Morgan fingerprint density at radius 2 is 1.40 bits per heavy atom. The number of rotatable bonds is 4. The van der Waals surface area contributed by atoms with Crippen LogP contribution in [0, 0.1) is 12.4 Å². The van der Waals surface area contributed by atoms with E-state index in [0.29, 0.717) is 11.3 Å². The SMILES string of the molecule is Oc1ccccc1-c1cccc(-c2[c-]c(-n3[c-][n+](-c4ccccc4)c4ccccc43)ccc2)n1.[Pt+2]. The number of hydrogen-bond donors (Lipinski definition) is 1. The van der Waals surface area contributed by atoms with Gasteiger partial charge in [-0.2, -0.15) is 0 Å². The molecule has 0 atom stereocenters. The van der Waals surface area contributed by atoms with E-state index in [0.717, 1.165) is 33.7 Å². The minimum absolute atomic E-state index is 0. The van der Waals surface area contributed by atoms with Crippen LogP contribution in [0.25, 0.3) is 44.9 Å². The molecule has 4 aromatic carbocycles. The van der Waals surface area contributed by atoms with Crippen molar-refractivity contribution in [3.8, 4) is 39.6 Å². The Bertz CT molecular complexity index is 1630. The number of para-hydroxylation sites is 4. The molecular formula is C30H20N3OPt+. The van der Waals surface area contributed by atoms with Crippen LogP contribution in [0.2, 0.25) is 0 Å². The number of fused-ring (bicyclic) bond motifs is 1. The van der Waals surface area contributed by atoms with Gasteiger partial charge in [-0.25, -0.2) is 0 Å². The Morgan fingerprint density at radius 3 is 2.26 bits per heavy atom. The molecule has 0 radical (unpaired) electrons. The number of aromatic nitrogens is 3. The average molecular weight is 634 g/mol. The van der Waals surface area contributed by atoms with Gasteiger partial charge in [0.1, 0.15) is 5.75 Å². The summed E-state index contributed by atoms with van der Waals surface area (Å²) in [5.74, 6) is 0.212. The van der Waals surface area contributed by atoms with E-state index in [1.807, 2.05) is 83.4 Å². The summed E-state index contributed by atoms with van der Waals surface area (Å²) in [6, 6.07) is 41.0. The predicted molar refractivity (Wildman–Crippen MR) is 133 cm³/mol. The molecule has 0 amide bonds. The van der Waals surface area contributed by atoms with Crippen molar-refractivity contribution in [3.05, 3.63) is 128 Å². The van der Waals surface area contributed by atoms with Gasteiger partial charge in [0, 0.05) is 5.56 Å². The third-order valence-electron chi connectivity index (χ3n) is 5.80. The Hall–Kier alpha value is -4.01. The van der Waals surface area contributed by atoms with E-state index in [4.69, 9.17) is 4.98 Å². The number of imidazole rings is 1. The van der Waals surface area contributed by atoms with E-state index >= 15 is 0 Å². The van der Waals surface area contributed by atoms with Crippen LogP contribution in [0.4, 0.5) is 0 Å². The number of aromatic hydroxyl groups is 1. The molecule has 0 saturated carbocycles. The van der Waals surface area contributed by atoms with Crippen LogP contribution in [-0.4, -0.2) is 14.7 Å². The molecule has 0 aliphatic carbocycles. The Balaban J connectivity index is 0.00000253. The van der Waals surface area contributed by atoms with Gasteiger partial charge in [-0.05, 0) is 41.7 Å². The second-order valence-corrected chi connectivity index (χ2v) is 7.97. The van der Waals surface area contributed by atoms with Crippen molar-refractivity contribution < 1.29 is 30.7 Å². The van der Waals surface area contributed by atoms with E-state index in [-0.39, 0.29) is 26.8 Å². The maximum Gasteiger partial charge on any atom is 2.00 e. The molecule has 170 valence electrons. The van der Waals surface area contributed by atoms with Crippen LogP contribution < -0.4 is 4.57 Å². The first-order valence-corrected chi connectivity index (χ1v) is 11.1. The van der Waals surface area contributed by atoms with Crippen LogP contribution in [0.3, 0.4) is 0 Å². The third kappa shape index (κ3) is 4.29. The largest absolute Gasteiger partial charge is 2.00 e. The van der Waals surface area contributed by atoms with E-state index < -0.39 is 0 Å². The van der Waals surface area contributed by atoms with Crippen molar-refractivity contribution in [2.24, 2.45) is 0 Å². The first-order valence-electron chi connectivity index (χ1n) is 11.1. The number of phenols is 1. The quantitative estimate of drug-likeness (QED) is 0.193. The van der Waals surface area contributed by atoms with Gasteiger partial charge in [0.25, 0.3) is 6.33 Å². The first kappa shape index (κ1) is 22.8. The van der Waals surface area contributed by atoms with Crippen LogP contribution in [0.5, 0.6) is 5.75 Å². The summed E-state index contributed by atoms with van der Waals surface area (Å²) >= 11 is 0. The molecule has 0 unspecified atom stereocenters. The number of pyridine rings is 1. The average Bonchev–Trinajstić information content (AvgIpc) is 3.30. The molecular weight excluding hydrogens is 613 g/mol. The molecule has 0 fully saturated rings. The second-order valence-electron chi connectivity index (χ2n) is 7.97. The topological polar surface area (TPSA) is 41.9 Å². The summed E-state index contributed by atoms with van der Waals surface area (Å²) in [7, 11) is 0. The van der Waals surface area contributed by atoms with Gasteiger partial charge in [-0.15, -0.1) is 29.8 Å². The van der Waals surface area contributed by atoms with Gasteiger partial charge in [0.15, 0.2) is 0 Å². The normalized spacial score (nSPS) is 10.7. The summed E-state index contributed by atoms with van der Waals surface area (Å²) in [5, 5.41) is 10.3. The van der Waals surface area contributed by atoms with E-state index in [9.17, 15) is 5.11 Å². The van der Waals surface area contributed by atoms with Crippen molar-refractivity contribution in [1.82, 2.24) is 9.55 Å². The molecule has 0 aliphatic rings. The molecule has 0 aliphatic heterocycles. The number of phenolic OH excluding ortho intramolecular Hbond substituents is 1. The molecule has 0 bridgehead atoms.